The number of hydrogen-bond donors (Lipinski definition) is 1. The summed E-state index contributed by atoms with van der Waals surface area (Å²) in [5, 5.41) is 14.9. The van der Waals surface area contributed by atoms with Crippen molar-refractivity contribution < 1.29 is 14.5 Å². The first-order chi connectivity index (χ1) is 11.0. The van der Waals surface area contributed by atoms with Gasteiger partial charge in [0.15, 0.2) is 6.61 Å². The number of ether oxygens (including phenoxy) is 1. The van der Waals surface area contributed by atoms with Gasteiger partial charge in [-0.05, 0) is 36.8 Å². The van der Waals surface area contributed by atoms with Crippen LogP contribution in [-0.2, 0) is 4.79 Å². The third-order valence-electron chi connectivity index (χ3n) is 2.67. The minimum Gasteiger partial charge on any atom is -0.483 e. The van der Waals surface area contributed by atoms with E-state index in [-0.39, 0.29) is 11.6 Å². The molecule has 0 fully saturated rings. The van der Waals surface area contributed by atoms with Crippen LogP contribution in [0.2, 0.25) is 5.02 Å². The van der Waals surface area contributed by atoms with Crippen molar-refractivity contribution in [1.29, 1.82) is 0 Å². The summed E-state index contributed by atoms with van der Waals surface area (Å²) in [6.45, 7) is 1.62. The highest BCUT2D eigenvalue weighted by atomic mass is 35.5. The van der Waals surface area contributed by atoms with E-state index in [1.165, 1.54) is 12.3 Å². The number of nitrogens with one attached hydrogen (secondary N) is 1. The number of nitro groups is 1. The number of carbonyl (C=O) groups excluding carboxylic acids is 1. The minimum atomic E-state index is -0.483. The molecule has 0 aliphatic carbocycles. The SMILES string of the molecule is Cc1cc(Cl)ccc1OCC(=O)N/N=C/c1ccc([N+](=O)[O-])s1. The summed E-state index contributed by atoms with van der Waals surface area (Å²) < 4.78 is 5.36. The Morgan fingerprint density at radius 3 is 2.91 bits per heavy atom. The average Bonchev–Trinajstić information content (AvgIpc) is 2.95. The lowest BCUT2D eigenvalue weighted by Gasteiger charge is -2.08. The number of halogens is 1. The number of hydrogen-bond acceptors (Lipinski definition) is 6. The van der Waals surface area contributed by atoms with E-state index >= 15 is 0 Å². The summed E-state index contributed by atoms with van der Waals surface area (Å²) in [6.07, 6.45) is 1.34. The largest absolute Gasteiger partial charge is 0.483 e. The quantitative estimate of drug-likeness (QED) is 0.490. The number of amides is 1. The molecular weight excluding hydrogens is 342 g/mol. The number of hydrazone groups is 1. The zero-order valence-electron chi connectivity index (χ0n) is 12.0. The highest BCUT2D eigenvalue weighted by Crippen LogP contribution is 2.22. The third kappa shape index (κ3) is 5.04. The van der Waals surface area contributed by atoms with Crippen LogP contribution in [0.25, 0.3) is 0 Å². The molecule has 0 bridgehead atoms. The molecule has 0 saturated carbocycles. The summed E-state index contributed by atoms with van der Waals surface area (Å²) in [7, 11) is 0. The first-order valence-electron chi connectivity index (χ1n) is 6.41. The predicted molar refractivity (Wildman–Crippen MR) is 88.4 cm³/mol. The van der Waals surface area contributed by atoms with Crippen molar-refractivity contribution in [3.63, 3.8) is 0 Å². The van der Waals surface area contributed by atoms with E-state index in [0.29, 0.717) is 15.6 Å². The van der Waals surface area contributed by atoms with Gasteiger partial charge in [-0.15, -0.1) is 0 Å². The van der Waals surface area contributed by atoms with E-state index in [1.54, 1.807) is 24.3 Å². The lowest BCUT2D eigenvalue weighted by Crippen LogP contribution is -2.24. The highest BCUT2D eigenvalue weighted by molar-refractivity contribution is 7.16. The summed E-state index contributed by atoms with van der Waals surface area (Å²) >= 11 is 6.80. The van der Waals surface area contributed by atoms with E-state index in [4.69, 9.17) is 16.3 Å². The maximum absolute atomic E-state index is 11.6. The van der Waals surface area contributed by atoms with Crippen LogP contribution in [0.15, 0.2) is 35.4 Å². The molecule has 2 rings (SSSR count). The number of rotatable bonds is 6. The van der Waals surface area contributed by atoms with E-state index in [9.17, 15) is 14.9 Å². The summed E-state index contributed by atoms with van der Waals surface area (Å²) in [5.74, 6) is 0.115. The fraction of sp³-hybridized carbons (Fsp3) is 0.143. The number of aryl methyl sites for hydroxylation is 1. The van der Waals surface area contributed by atoms with Crippen molar-refractivity contribution in [1.82, 2.24) is 5.43 Å². The number of thiophene rings is 1. The summed E-state index contributed by atoms with van der Waals surface area (Å²) in [5.41, 5.74) is 3.11. The Bertz CT molecular complexity index is 760. The van der Waals surface area contributed by atoms with E-state index < -0.39 is 10.8 Å². The molecule has 0 saturated heterocycles. The second-order valence-electron chi connectivity index (χ2n) is 4.42. The van der Waals surface area contributed by atoms with Gasteiger partial charge >= 0.3 is 5.00 Å². The molecule has 1 amide bonds. The van der Waals surface area contributed by atoms with Crippen LogP contribution in [-0.4, -0.2) is 23.7 Å². The van der Waals surface area contributed by atoms with Gasteiger partial charge in [-0.2, -0.15) is 5.10 Å². The van der Waals surface area contributed by atoms with Crippen molar-refractivity contribution in [3.05, 3.63) is 55.9 Å². The van der Waals surface area contributed by atoms with Crippen LogP contribution in [0.3, 0.4) is 0 Å². The lowest BCUT2D eigenvalue weighted by molar-refractivity contribution is -0.380. The molecule has 1 N–H and O–H groups in total. The standard InChI is InChI=1S/C14H12ClN3O4S/c1-9-6-10(15)2-4-12(9)22-8-13(19)17-16-7-11-3-5-14(23-11)18(20)21/h2-7H,8H2,1H3,(H,17,19)/b16-7+. The fourth-order valence-electron chi connectivity index (χ4n) is 1.63. The second kappa shape index (κ2) is 7.70. The Morgan fingerprint density at radius 2 is 2.26 bits per heavy atom. The molecule has 1 aromatic heterocycles. The van der Waals surface area contributed by atoms with Crippen LogP contribution >= 0.6 is 22.9 Å². The van der Waals surface area contributed by atoms with Crippen molar-refractivity contribution in [2.45, 2.75) is 6.92 Å². The van der Waals surface area contributed by atoms with Gasteiger partial charge in [-0.3, -0.25) is 14.9 Å². The molecule has 9 heteroatoms. The number of benzene rings is 1. The first kappa shape index (κ1) is 16.9. The van der Waals surface area contributed by atoms with Crippen molar-refractivity contribution in [2.75, 3.05) is 6.61 Å². The van der Waals surface area contributed by atoms with Gasteiger partial charge in [0, 0.05) is 11.1 Å². The van der Waals surface area contributed by atoms with Crippen LogP contribution in [0.5, 0.6) is 5.75 Å². The fourth-order valence-corrected chi connectivity index (χ4v) is 2.55. The van der Waals surface area contributed by atoms with Gasteiger partial charge in [0.1, 0.15) is 5.75 Å². The maximum atomic E-state index is 11.6. The van der Waals surface area contributed by atoms with Crippen LogP contribution in [0, 0.1) is 17.0 Å². The highest BCUT2D eigenvalue weighted by Gasteiger charge is 2.08. The van der Waals surface area contributed by atoms with Gasteiger partial charge in [0.05, 0.1) is 16.0 Å². The molecule has 2 aromatic rings. The molecule has 0 spiro atoms. The summed E-state index contributed by atoms with van der Waals surface area (Å²) in [4.78, 5) is 22.2. The smallest absolute Gasteiger partial charge is 0.324 e. The van der Waals surface area contributed by atoms with Crippen molar-refractivity contribution in [2.24, 2.45) is 5.10 Å². The van der Waals surface area contributed by atoms with Gasteiger partial charge in [-0.1, -0.05) is 22.9 Å². The van der Waals surface area contributed by atoms with Crippen molar-refractivity contribution >= 4 is 40.1 Å². The Morgan fingerprint density at radius 1 is 1.48 bits per heavy atom. The maximum Gasteiger partial charge on any atom is 0.324 e. The number of carbonyl (C=O) groups is 1. The van der Waals surface area contributed by atoms with Gasteiger partial charge in [0.25, 0.3) is 5.91 Å². The normalized spacial score (nSPS) is 10.7. The lowest BCUT2D eigenvalue weighted by atomic mass is 10.2. The Balaban J connectivity index is 1.82. The molecule has 1 aromatic carbocycles. The van der Waals surface area contributed by atoms with Gasteiger partial charge in [-0.25, -0.2) is 5.43 Å². The molecule has 120 valence electrons. The third-order valence-corrected chi connectivity index (χ3v) is 3.88. The zero-order chi connectivity index (χ0) is 16.8. The topological polar surface area (TPSA) is 93.8 Å². The molecule has 0 aliphatic rings. The zero-order valence-corrected chi connectivity index (χ0v) is 13.6. The average molecular weight is 354 g/mol. The monoisotopic (exact) mass is 353 g/mol. The molecule has 7 nitrogen and oxygen atoms in total. The van der Waals surface area contributed by atoms with Gasteiger partial charge < -0.3 is 4.74 Å². The predicted octanol–water partition coefficient (Wildman–Crippen LogP) is 3.15. The number of nitrogens with zero attached hydrogens (tertiary/aromatic N) is 2. The van der Waals surface area contributed by atoms with E-state index in [0.717, 1.165) is 16.9 Å². The van der Waals surface area contributed by atoms with Gasteiger partial charge in [0.2, 0.25) is 0 Å². The second-order valence-corrected chi connectivity index (χ2v) is 5.96. The first-order valence-corrected chi connectivity index (χ1v) is 7.60. The van der Waals surface area contributed by atoms with E-state index in [2.05, 4.69) is 10.5 Å². The Kier molecular flexibility index (Phi) is 5.67. The van der Waals surface area contributed by atoms with Crippen LogP contribution < -0.4 is 10.2 Å². The molecular formula is C14H12ClN3O4S. The molecule has 23 heavy (non-hydrogen) atoms. The summed E-state index contributed by atoms with van der Waals surface area (Å²) in [6, 6.07) is 8.01. The van der Waals surface area contributed by atoms with E-state index in [1.807, 2.05) is 6.92 Å². The molecule has 1 heterocycles. The molecule has 0 unspecified atom stereocenters. The van der Waals surface area contributed by atoms with Crippen LogP contribution in [0.4, 0.5) is 5.00 Å². The Hall–Kier alpha value is -2.45. The van der Waals surface area contributed by atoms with Crippen LogP contribution in [0.1, 0.15) is 10.4 Å². The Labute approximate surface area is 140 Å². The molecule has 0 atom stereocenters. The van der Waals surface area contributed by atoms with Crippen molar-refractivity contribution in [3.8, 4) is 5.75 Å². The molecule has 0 aliphatic heterocycles. The minimum absolute atomic E-state index is 0.0133. The molecule has 0 radical (unpaired) electrons.